The van der Waals surface area contributed by atoms with Crippen molar-refractivity contribution in [3.8, 4) is 0 Å². The Labute approximate surface area is 183 Å². The van der Waals surface area contributed by atoms with Gasteiger partial charge in [0.05, 0.1) is 27.2 Å². The number of aryl methyl sites for hydroxylation is 1. The first-order valence-electron chi connectivity index (χ1n) is 9.67. The molecule has 3 aromatic rings. The van der Waals surface area contributed by atoms with Crippen molar-refractivity contribution in [3.63, 3.8) is 0 Å². The molecule has 0 unspecified atom stereocenters. The summed E-state index contributed by atoms with van der Waals surface area (Å²) < 4.78 is 29.2. The Bertz CT molecular complexity index is 1370. The number of amides is 1. The van der Waals surface area contributed by atoms with E-state index in [0.29, 0.717) is 10.8 Å². The van der Waals surface area contributed by atoms with Gasteiger partial charge >= 0.3 is 0 Å². The van der Waals surface area contributed by atoms with Crippen LogP contribution in [0, 0.1) is 6.92 Å². The molecule has 1 amide bonds. The second-order valence-electron chi connectivity index (χ2n) is 7.21. The first-order valence-corrected chi connectivity index (χ1v) is 12.1. The summed E-state index contributed by atoms with van der Waals surface area (Å²) in [4.78, 5) is 21.8. The van der Waals surface area contributed by atoms with Gasteiger partial charge in [-0.2, -0.15) is 0 Å². The highest BCUT2D eigenvalue weighted by atomic mass is 32.2. The Morgan fingerprint density at radius 3 is 2.71 bits per heavy atom. The molecule has 0 radical (unpaired) electrons. The lowest BCUT2D eigenvalue weighted by Crippen LogP contribution is -2.42. The minimum absolute atomic E-state index is 0.0817. The Morgan fingerprint density at radius 1 is 1.13 bits per heavy atom. The molecule has 5 rings (SSSR count). The van der Waals surface area contributed by atoms with Crippen molar-refractivity contribution < 1.29 is 13.2 Å². The smallest absolute Gasteiger partial charge is 0.268 e. The number of benzene rings is 2. The Kier molecular flexibility index (Phi) is 4.71. The summed E-state index contributed by atoms with van der Waals surface area (Å²) in [5, 5.41) is 0.516. The average molecular weight is 451 g/mol. The molecule has 7 nitrogen and oxygen atoms in total. The van der Waals surface area contributed by atoms with Crippen molar-refractivity contribution in [2.75, 3.05) is 17.2 Å². The van der Waals surface area contributed by atoms with Gasteiger partial charge in [0.25, 0.3) is 15.9 Å². The SMILES string of the molecule is Cc1ccccc1N(C(=O)C1=CC=CN2CCS(=O)(=O)N=C12)c1nc2ccccc2s1. The molecule has 156 valence electrons. The number of anilines is 2. The number of hydrogen-bond donors (Lipinski definition) is 0. The van der Waals surface area contributed by atoms with Crippen LogP contribution in [0.2, 0.25) is 0 Å². The van der Waals surface area contributed by atoms with E-state index in [4.69, 9.17) is 0 Å². The van der Waals surface area contributed by atoms with E-state index in [9.17, 15) is 13.2 Å². The molecule has 0 atom stereocenters. The van der Waals surface area contributed by atoms with E-state index < -0.39 is 10.0 Å². The highest BCUT2D eigenvalue weighted by Crippen LogP contribution is 2.36. The molecule has 0 bridgehead atoms. The topological polar surface area (TPSA) is 82.9 Å². The third kappa shape index (κ3) is 3.55. The Hall–Kier alpha value is -3.30. The highest BCUT2D eigenvalue weighted by molar-refractivity contribution is 7.90. The van der Waals surface area contributed by atoms with E-state index >= 15 is 0 Å². The van der Waals surface area contributed by atoms with Crippen LogP contribution in [0.3, 0.4) is 0 Å². The second kappa shape index (κ2) is 7.44. The van der Waals surface area contributed by atoms with Crippen molar-refractivity contribution >= 4 is 54.1 Å². The van der Waals surface area contributed by atoms with Gasteiger partial charge in [-0.05, 0) is 42.8 Å². The van der Waals surface area contributed by atoms with Crippen molar-refractivity contribution in [2.45, 2.75) is 6.92 Å². The summed E-state index contributed by atoms with van der Waals surface area (Å²) in [6, 6.07) is 15.2. The van der Waals surface area contributed by atoms with E-state index in [1.807, 2.05) is 55.5 Å². The van der Waals surface area contributed by atoms with Crippen LogP contribution in [0.5, 0.6) is 0 Å². The number of carbonyl (C=O) groups is 1. The van der Waals surface area contributed by atoms with E-state index in [2.05, 4.69) is 9.38 Å². The zero-order chi connectivity index (χ0) is 21.6. The molecular formula is C22H18N4O3S2. The third-order valence-electron chi connectivity index (χ3n) is 5.12. The van der Waals surface area contributed by atoms with Gasteiger partial charge < -0.3 is 4.90 Å². The van der Waals surface area contributed by atoms with Crippen LogP contribution >= 0.6 is 11.3 Å². The molecule has 2 aliphatic rings. The number of sulfonamides is 1. The molecule has 0 saturated carbocycles. The molecule has 0 saturated heterocycles. The molecule has 1 aromatic heterocycles. The molecule has 2 aliphatic heterocycles. The van der Waals surface area contributed by atoms with Crippen molar-refractivity contribution in [3.05, 3.63) is 78.0 Å². The number of thiazole rings is 1. The van der Waals surface area contributed by atoms with Crippen LogP contribution in [0.15, 0.2) is 76.9 Å². The number of rotatable bonds is 3. The second-order valence-corrected chi connectivity index (χ2v) is 9.97. The summed E-state index contributed by atoms with van der Waals surface area (Å²) in [6.07, 6.45) is 5.08. The maximum Gasteiger partial charge on any atom is 0.268 e. The van der Waals surface area contributed by atoms with Gasteiger partial charge in [0.15, 0.2) is 11.0 Å². The van der Waals surface area contributed by atoms with Gasteiger partial charge in [-0.15, -0.1) is 4.40 Å². The first-order chi connectivity index (χ1) is 14.9. The fraction of sp³-hybridized carbons (Fsp3) is 0.136. The fourth-order valence-corrected chi connectivity index (χ4v) is 5.54. The molecule has 0 fully saturated rings. The van der Waals surface area contributed by atoms with Crippen molar-refractivity contribution in [1.29, 1.82) is 0 Å². The zero-order valence-electron chi connectivity index (χ0n) is 16.6. The van der Waals surface area contributed by atoms with E-state index in [-0.39, 0.29) is 29.6 Å². The van der Waals surface area contributed by atoms with Gasteiger partial charge in [-0.1, -0.05) is 41.7 Å². The van der Waals surface area contributed by atoms with Gasteiger partial charge in [0, 0.05) is 12.7 Å². The van der Waals surface area contributed by atoms with E-state index in [1.54, 1.807) is 28.2 Å². The number of fused-ring (bicyclic) bond motifs is 2. The van der Waals surface area contributed by atoms with E-state index in [0.717, 1.165) is 15.8 Å². The van der Waals surface area contributed by atoms with Crippen LogP contribution in [0.4, 0.5) is 10.8 Å². The molecule has 0 N–H and O–H groups in total. The summed E-state index contributed by atoms with van der Waals surface area (Å²) in [5.74, 6) is -0.307. The highest BCUT2D eigenvalue weighted by Gasteiger charge is 2.34. The number of aromatic nitrogens is 1. The number of amidine groups is 1. The standard InChI is InChI=1S/C22H18N4O3S2/c1-15-7-2-4-10-18(15)26(22-23-17-9-3-5-11-19(17)30-22)21(27)16-8-6-12-25-13-14-31(28,29)24-20(16)25/h2-12H,13-14H2,1H3. The lowest BCUT2D eigenvalue weighted by molar-refractivity contribution is -0.114. The predicted octanol–water partition coefficient (Wildman–Crippen LogP) is 3.77. The van der Waals surface area contributed by atoms with Gasteiger partial charge in [0.2, 0.25) is 0 Å². The lowest BCUT2D eigenvalue weighted by atomic mass is 10.1. The summed E-state index contributed by atoms with van der Waals surface area (Å²) >= 11 is 1.41. The lowest BCUT2D eigenvalue weighted by Gasteiger charge is -2.31. The van der Waals surface area contributed by atoms with Crippen LogP contribution < -0.4 is 4.90 Å². The number of hydrogen-bond acceptors (Lipinski definition) is 6. The fourth-order valence-electron chi connectivity index (χ4n) is 3.57. The zero-order valence-corrected chi connectivity index (χ0v) is 18.2. The number of nitrogens with zero attached hydrogens (tertiary/aromatic N) is 4. The summed E-state index contributed by atoms with van der Waals surface area (Å²) in [5.41, 5.74) is 2.60. The maximum absolute atomic E-state index is 13.9. The monoisotopic (exact) mass is 450 g/mol. The number of allylic oxidation sites excluding steroid dienone is 2. The predicted molar refractivity (Wildman–Crippen MR) is 123 cm³/mol. The molecule has 9 heteroatoms. The van der Waals surface area contributed by atoms with Crippen molar-refractivity contribution in [1.82, 2.24) is 9.88 Å². The van der Waals surface area contributed by atoms with Crippen molar-refractivity contribution in [2.24, 2.45) is 4.40 Å². The van der Waals surface area contributed by atoms with Gasteiger partial charge in [-0.3, -0.25) is 9.69 Å². The summed E-state index contributed by atoms with van der Waals surface area (Å²) in [6.45, 7) is 2.18. The molecule has 0 aliphatic carbocycles. The minimum Gasteiger partial charge on any atom is -0.331 e. The molecular weight excluding hydrogens is 432 g/mol. The van der Waals surface area contributed by atoms with E-state index in [1.165, 1.54) is 11.3 Å². The Morgan fingerprint density at radius 2 is 1.90 bits per heavy atom. The summed E-state index contributed by atoms with van der Waals surface area (Å²) in [7, 11) is -3.62. The number of para-hydroxylation sites is 2. The molecule has 2 aromatic carbocycles. The maximum atomic E-state index is 13.9. The Balaban J connectivity index is 1.67. The van der Waals surface area contributed by atoms with Crippen LogP contribution in [0.1, 0.15) is 5.56 Å². The normalized spacial score (nSPS) is 17.1. The first kappa shape index (κ1) is 19.7. The van der Waals surface area contributed by atoms with Crippen LogP contribution in [-0.2, 0) is 14.8 Å². The average Bonchev–Trinajstić information content (AvgIpc) is 3.18. The minimum atomic E-state index is -3.62. The molecule has 31 heavy (non-hydrogen) atoms. The largest absolute Gasteiger partial charge is 0.331 e. The molecule has 0 spiro atoms. The number of carbonyl (C=O) groups excluding carboxylic acids is 1. The van der Waals surface area contributed by atoms with Crippen LogP contribution in [-0.4, -0.2) is 42.3 Å². The van der Waals surface area contributed by atoms with Crippen LogP contribution in [0.25, 0.3) is 10.2 Å². The van der Waals surface area contributed by atoms with Gasteiger partial charge in [-0.25, -0.2) is 13.4 Å². The van der Waals surface area contributed by atoms with Gasteiger partial charge in [0.1, 0.15) is 0 Å². The third-order valence-corrected chi connectivity index (χ3v) is 7.29. The molecule has 3 heterocycles. The quantitative estimate of drug-likeness (QED) is 0.607.